The quantitative estimate of drug-likeness (QED) is 0.721. The number of amides is 1. The van der Waals surface area contributed by atoms with Crippen molar-refractivity contribution in [2.24, 2.45) is 0 Å². The van der Waals surface area contributed by atoms with Crippen molar-refractivity contribution >= 4 is 17.3 Å². The van der Waals surface area contributed by atoms with Gasteiger partial charge in [0.05, 0.1) is 5.92 Å². The molecule has 0 saturated carbocycles. The third-order valence-corrected chi connectivity index (χ3v) is 4.66. The second-order valence-electron chi connectivity index (χ2n) is 6.91. The van der Waals surface area contributed by atoms with Crippen LogP contribution in [0.25, 0.3) is 0 Å². The molecule has 0 aliphatic rings. The number of carbonyl (C=O) groups is 1. The van der Waals surface area contributed by atoms with Gasteiger partial charge in [-0.05, 0) is 42.2 Å². The van der Waals surface area contributed by atoms with E-state index < -0.39 is 0 Å². The van der Waals surface area contributed by atoms with Gasteiger partial charge in [-0.25, -0.2) is 0 Å². The molecule has 140 valence electrons. The molecule has 0 unspecified atom stereocenters. The Bertz CT molecular complexity index is 713. The molecule has 2 N–H and O–H groups in total. The number of nitrogens with zero attached hydrogens (tertiary/aromatic N) is 2. The Kier molecular flexibility index (Phi) is 7.07. The van der Waals surface area contributed by atoms with Crippen molar-refractivity contribution in [3.05, 3.63) is 59.7 Å². The van der Waals surface area contributed by atoms with Crippen LogP contribution in [0.5, 0.6) is 0 Å². The molecule has 2 aromatic rings. The molecule has 2 aromatic carbocycles. The summed E-state index contributed by atoms with van der Waals surface area (Å²) in [5, 5.41) is 0. The van der Waals surface area contributed by atoms with Crippen LogP contribution < -0.4 is 10.6 Å². The summed E-state index contributed by atoms with van der Waals surface area (Å²) in [4.78, 5) is 17.4. The zero-order chi connectivity index (χ0) is 19.1. The van der Waals surface area contributed by atoms with Gasteiger partial charge in [-0.3, -0.25) is 4.79 Å². The minimum Gasteiger partial charge on any atom is -0.399 e. The molecule has 0 radical (unpaired) electrons. The lowest BCUT2D eigenvalue weighted by Gasteiger charge is -2.29. The topological polar surface area (TPSA) is 49.6 Å². The second-order valence-corrected chi connectivity index (χ2v) is 6.91. The fourth-order valence-electron chi connectivity index (χ4n) is 3.37. The Balaban J connectivity index is 2.31. The summed E-state index contributed by atoms with van der Waals surface area (Å²) in [5.41, 5.74) is 10.0. The van der Waals surface area contributed by atoms with Gasteiger partial charge in [-0.2, -0.15) is 0 Å². The Labute approximate surface area is 157 Å². The molecule has 26 heavy (non-hydrogen) atoms. The minimum atomic E-state index is -0.105. The predicted molar refractivity (Wildman–Crippen MR) is 110 cm³/mol. The molecule has 1 amide bonds. The number of benzene rings is 2. The lowest BCUT2D eigenvalue weighted by atomic mass is 9.94. The lowest BCUT2D eigenvalue weighted by Crippen LogP contribution is -2.35. The molecule has 4 heteroatoms. The van der Waals surface area contributed by atoms with Gasteiger partial charge in [0, 0.05) is 38.6 Å². The molecule has 0 fully saturated rings. The third kappa shape index (κ3) is 4.78. The average Bonchev–Trinajstić information content (AvgIpc) is 2.62. The van der Waals surface area contributed by atoms with Gasteiger partial charge in [0.25, 0.3) is 0 Å². The lowest BCUT2D eigenvalue weighted by molar-refractivity contribution is -0.133. The molecule has 0 aliphatic heterocycles. The van der Waals surface area contributed by atoms with E-state index in [-0.39, 0.29) is 11.8 Å². The Morgan fingerprint density at radius 2 is 1.77 bits per heavy atom. The Morgan fingerprint density at radius 3 is 2.35 bits per heavy atom. The van der Waals surface area contributed by atoms with E-state index in [0.717, 1.165) is 41.9 Å². The predicted octanol–water partition coefficient (Wildman–Crippen LogP) is 4.27. The zero-order valence-corrected chi connectivity index (χ0v) is 16.4. The van der Waals surface area contributed by atoms with Gasteiger partial charge in [-0.1, -0.05) is 44.2 Å². The molecular weight excluding hydrogens is 322 g/mol. The summed E-state index contributed by atoms with van der Waals surface area (Å²) in [6.45, 7) is 5.50. The van der Waals surface area contributed by atoms with Gasteiger partial charge in [-0.15, -0.1) is 0 Å². The summed E-state index contributed by atoms with van der Waals surface area (Å²) in [6.07, 6.45) is 1.72. The van der Waals surface area contributed by atoms with Crippen LogP contribution in [-0.2, 0) is 11.3 Å². The van der Waals surface area contributed by atoms with Crippen molar-refractivity contribution in [1.82, 2.24) is 4.90 Å². The fourth-order valence-corrected chi connectivity index (χ4v) is 3.37. The summed E-state index contributed by atoms with van der Waals surface area (Å²) in [5.74, 6) is 0.0827. The van der Waals surface area contributed by atoms with Crippen LogP contribution in [0.3, 0.4) is 0 Å². The third-order valence-electron chi connectivity index (χ3n) is 4.66. The molecule has 0 bridgehead atoms. The molecule has 0 saturated heterocycles. The largest absolute Gasteiger partial charge is 0.399 e. The molecule has 0 heterocycles. The van der Waals surface area contributed by atoms with Crippen LogP contribution >= 0.6 is 0 Å². The van der Waals surface area contributed by atoms with Crippen LogP contribution in [0.1, 0.15) is 43.7 Å². The van der Waals surface area contributed by atoms with E-state index in [1.807, 2.05) is 67.5 Å². The summed E-state index contributed by atoms with van der Waals surface area (Å²) in [7, 11) is 4.03. The number of anilines is 2. The van der Waals surface area contributed by atoms with Gasteiger partial charge in [0.2, 0.25) is 5.91 Å². The van der Waals surface area contributed by atoms with E-state index in [2.05, 4.69) is 18.7 Å². The van der Waals surface area contributed by atoms with Crippen molar-refractivity contribution in [2.45, 2.75) is 39.2 Å². The number of rotatable bonds is 8. The summed E-state index contributed by atoms with van der Waals surface area (Å²) in [6, 6.07) is 16.0. The molecule has 0 spiro atoms. The average molecular weight is 354 g/mol. The molecule has 4 nitrogen and oxygen atoms in total. The van der Waals surface area contributed by atoms with Crippen LogP contribution in [0.4, 0.5) is 11.4 Å². The van der Waals surface area contributed by atoms with Crippen LogP contribution in [-0.4, -0.2) is 31.4 Å². The van der Waals surface area contributed by atoms with Crippen LogP contribution in [0.15, 0.2) is 48.5 Å². The number of nitrogens with two attached hydrogens (primary N) is 1. The summed E-state index contributed by atoms with van der Waals surface area (Å²) >= 11 is 0. The van der Waals surface area contributed by atoms with Gasteiger partial charge in [0.15, 0.2) is 0 Å². The van der Waals surface area contributed by atoms with E-state index in [4.69, 9.17) is 5.73 Å². The number of hydrogen-bond acceptors (Lipinski definition) is 3. The normalized spacial score (nSPS) is 11.8. The minimum absolute atomic E-state index is 0.105. The van der Waals surface area contributed by atoms with Crippen LogP contribution in [0, 0.1) is 0 Å². The highest BCUT2D eigenvalue weighted by Crippen LogP contribution is 2.27. The van der Waals surface area contributed by atoms with Gasteiger partial charge >= 0.3 is 0 Å². The van der Waals surface area contributed by atoms with Crippen molar-refractivity contribution in [3.8, 4) is 0 Å². The van der Waals surface area contributed by atoms with Crippen molar-refractivity contribution in [1.29, 1.82) is 0 Å². The first-order chi connectivity index (χ1) is 12.5. The summed E-state index contributed by atoms with van der Waals surface area (Å²) < 4.78 is 0. The highest BCUT2D eigenvalue weighted by atomic mass is 16.2. The standard InChI is InChI=1S/C22H31N3O/c1-5-14-25(16-18-15-19(23)12-13-21(18)24(3)4)22(26)20(6-2)17-10-8-7-9-11-17/h7-13,15,20H,5-6,14,16,23H2,1-4H3/t20-/m0/s1. The first-order valence-corrected chi connectivity index (χ1v) is 9.37. The molecule has 0 aromatic heterocycles. The smallest absolute Gasteiger partial charge is 0.230 e. The van der Waals surface area contributed by atoms with Crippen molar-refractivity contribution in [3.63, 3.8) is 0 Å². The maximum atomic E-state index is 13.3. The molecular formula is C22H31N3O. The number of hydrogen-bond donors (Lipinski definition) is 1. The highest BCUT2D eigenvalue weighted by Gasteiger charge is 2.25. The van der Waals surface area contributed by atoms with Gasteiger partial charge in [0.1, 0.15) is 0 Å². The number of carbonyl (C=O) groups excluding carboxylic acids is 1. The Hall–Kier alpha value is -2.49. The molecule has 0 aliphatic carbocycles. The SMILES string of the molecule is CCCN(Cc1cc(N)ccc1N(C)C)C(=O)[C@@H](CC)c1ccccc1. The highest BCUT2D eigenvalue weighted by molar-refractivity contribution is 5.84. The fraction of sp³-hybridized carbons (Fsp3) is 0.409. The van der Waals surface area contributed by atoms with E-state index in [9.17, 15) is 4.79 Å². The Morgan fingerprint density at radius 1 is 1.08 bits per heavy atom. The monoisotopic (exact) mass is 353 g/mol. The van der Waals surface area contributed by atoms with E-state index in [1.165, 1.54) is 0 Å². The van der Waals surface area contributed by atoms with Crippen molar-refractivity contribution < 1.29 is 4.79 Å². The maximum absolute atomic E-state index is 13.3. The first-order valence-electron chi connectivity index (χ1n) is 9.37. The van der Waals surface area contributed by atoms with E-state index in [0.29, 0.717) is 6.54 Å². The maximum Gasteiger partial charge on any atom is 0.230 e. The number of nitrogen functional groups attached to an aromatic ring is 1. The van der Waals surface area contributed by atoms with E-state index in [1.54, 1.807) is 0 Å². The van der Waals surface area contributed by atoms with Crippen molar-refractivity contribution in [2.75, 3.05) is 31.3 Å². The first kappa shape index (κ1) is 19.8. The van der Waals surface area contributed by atoms with E-state index >= 15 is 0 Å². The molecule has 2 rings (SSSR count). The van der Waals surface area contributed by atoms with Gasteiger partial charge < -0.3 is 15.5 Å². The molecule has 1 atom stereocenters. The second kappa shape index (κ2) is 9.27. The van der Waals surface area contributed by atoms with Crippen LogP contribution in [0.2, 0.25) is 0 Å². The zero-order valence-electron chi connectivity index (χ0n) is 16.4.